The van der Waals surface area contributed by atoms with Gasteiger partial charge in [0.1, 0.15) is 6.04 Å². The van der Waals surface area contributed by atoms with E-state index in [-0.39, 0.29) is 36.2 Å². The van der Waals surface area contributed by atoms with Crippen molar-refractivity contribution in [3.63, 3.8) is 0 Å². The molecule has 21 heavy (non-hydrogen) atoms. The fourth-order valence-corrected chi connectivity index (χ4v) is 2.92. The number of amides is 1. The van der Waals surface area contributed by atoms with Crippen LogP contribution in [-0.2, 0) is 23.9 Å². The highest BCUT2D eigenvalue weighted by molar-refractivity contribution is 8.13. The lowest BCUT2D eigenvalue weighted by Crippen LogP contribution is -2.42. The van der Waals surface area contributed by atoms with E-state index in [0.29, 0.717) is 12.3 Å². The SMILES string of the molecule is COC(=O)CC[C@@H](C(=O)O)N1CC(CSC(C)=O)CC1=O. The van der Waals surface area contributed by atoms with Crippen molar-refractivity contribution in [1.82, 2.24) is 4.90 Å². The van der Waals surface area contributed by atoms with Gasteiger partial charge in [0, 0.05) is 32.1 Å². The number of aliphatic carboxylic acids is 1. The summed E-state index contributed by atoms with van der Waals surface area (Å²) in [6.45, 7) is 1.76. The zero-order chi connectivity index (χ0) is 16.0. The highest BCUT2D eigenvalue weighted by atomic mass is 32.2. The average Bonchev–Trinajstić information content (AvgIpc) is 2.77. The molecule has 0 aliphatic carbocycles. The molecule has 1 unspecified atom stereocenters. The van der Waals surface area contributed by atoms with Crippen LogP contribution in [0.3, 0.4) is 0 Å². The summed E-state index contributed by atoms with van der Waals surface area (Å²) in [5.74, 6) is -1.42. The van der Waals surface area contributed by atoms with Gasteiger partial charge in [0.2, 0.25) is 5.91 Å². The fourth-order valence-electron chi connectivity index (χ4n) is 2.23. The molecule has 0 radical (unpaired) electrons. The second-order valence-electron chi connectivity index (χ2n) is 4.89. The number of hydrogen-bond donors (Lipinski definition) is 1. The summed E-state index contributed by atoms with van der Waals surface area (Å²) in [6, 6.07) is -1.02. The number of carboxylic acid groups (broad SMARTS) is 1. The quantitative estimate of drug-likeness (QED) is 0.683. The van der Waals surface area contributed by atoms with Gasteiger partial charge in [-0.15, -0.1) is 0 Å². The van der Waals surface area contributed by atoms with Gasteiger partial charge in [0.15, 0.2) is 5.12 Å². The van der Waals surface area contributed by atoms with Gasteiger partial charge >= 0.3 is 11.9 Å². The molecule has 0 saturated carbocycles. The standard InChI is InChI=1S/C13H19NO6S/c1-8(15)21-7-9-5-11(16)14(6-9)10(13(18)19)3-4-12(17)20-2/h9-10H,3-7H2,1-2H3,(H,18,19)/t9?,10-/m0/s1. The van der Waals surface area contributed by atoms with Crippen LogP contribution >= 0.6 is 11.8 Å². The number of methoxy groups -OCH3 is 1. The van der Waals surface area contributed by atoms with Crippen LogP contribution < -0.4 is 0 Å². The first kappa shape index (κ1) is 17.5. The molecule has 1 amide bonds. The Bertz CT molecular complexity index is 438. The molecule has 0 aromatic rings. The Morgan fingerprint density at radius 3 is 2.67 bits per heavy atom. The molecule has 0 aromatic carbocycles. The lowest BCUT2D eigenvalue weighted by Gasteiger charge is -2.24. The van der Waals surface area contributed by atoms with E-state index in [1.165, 1.54) is 18.9 Å². The Balaban J connectivity index is 2.62. The molecule has 0 spiro atoms. The van der Waals surface area contributed by atoms with E-state index in [0.717, 1.165) is 11.8 Å². The van der Waals surface area contributed by atoms with E-state index in [1.54, 1.807) is 0 Å². The molecule has 1 aliphatic heterocycles. The summed E-state index contributed by atoms with van der Waals surface area (Å²) in [6.07, 6.45) is 0.215. The first-order chi connectivity index (χ1) is 9.85. The van der Waals surface area contributed by atoms with Gasteiger partial charge in [-0.3, -0.25) is 14.4 Å². The zero-order valence-electron chi connectivity index (χ0n) is 12.0. The van der Waals surface area contributed by atoms with Crippen molar-refractivity contribution in [2.75, 3.05) is 19.4 Å². The number of hydrogen-bond acceptors (Lipinski definition) is 6. The fraction of sp³-hybridized carbons (Fsp3) is 0.692. The molecule has 1 heterocycles. The highest BCUT2D eigenvalue weighted by Crippen LogP contribution is 2.25. The molecular formula is C13H19NO6S. The molecule has 0 bridgehead atoms. The second-order valence-corrected chi connectivity index (χ2v) is 6.08. The van der Waals surface area contributed by atoms with Gasteiger partial charge in [-0.2, -0.15) is 0 Å². The van der Waals surface area contributed by atoms with E-state index in [2.05, 4.69) is 4.74 Å². The van der Waals surface area contributed by atoms with Crippen molar-refractivity contribution < 1.29 is 29.0 Å². The third kappa shape index (κ3) is 5.37. The monoisotopic (exact) mass is 317 g/mol. The minimum atomic E-state index is -1.13. The first-order valence-electron chi connectivity index (χ1n) is 6.57. The zero-order valence-corrected chi connectivity index (χ0v) is 12.9. The molecule has 8 heteroatoms. The minimum Gasteiger partial charge on any atom is -0.480 e. The van der Waals surface area contributed by atoms with E-state index < -0.39 is 18.0 Å². The van der Waals surface area contributed by atoms with Crippen molar-refractivity contribution in [3.8, 4) is 0 Å². The van der Waals surface area contributed by atoms with Crippen molar-refractivity contribution in [2.24, 2.45) is 5.92 Å². The maximum atomic E-state index is 11.9. The molecular weight excluding hydrogens is 298 g/mol. The molecule has 1 aliphatic rings. The Morgan fingerprint density at radius 1 is 1.48 bits per heavy atom. The summed E-state index contributed by atoms with van der Waals surface area (Å²) in [7, 11) is 1.23. The Labute approximate surface area is 127 Å². The number of likely N-dealkylation sites (tertiary alicyclic amines) is 1. The number of carboxylic acids is 1. The smallest absolute Gasteiger partial charge is 0.326 e. The van der Waals surface area contributed by atoms with Crippen LogP contribution in [0.1, 0.15) is 26.2 Å². The van der Waals surface area contributed by atoms with Crippen molar-refractivity contribution in [2.45, 2.75) is 32.2 Å². The molecule has 1 N–H and O–H groups in total. The maximum Gasteiger partial charge on any atom is 0.326 e. The number of carbonyl (C=O) groups excluding carboxylic acids is 3. The summed E-state index contributed by atoms with van der Waals surface area (Å²) in [4.78, 5) is 46.6. The highest BCUT2D eigenvalue weighted by Gasteiger charge is 2.37. The predicted octanol–water partition coefficient (Wildman–Crippen LogP) is 0.521. The van der Waals surface area contributed by atoms with Crippen LogP contribution in [0.15, 0.2) is 0 Å². The van der Waals surface area contributed by atoms with E-state index in [9.17, 15) is 24.3 Å². The molecule has 0 aromatic heterocycles. The van der Waals surface area contributed by atoms with Gasteiger partial charge in [-0.25, -0.2) is 4.79 Å². The van der Waals surface area contributed by atoms with E-state index >= 15 is 0 Å². The number of rotatable bonds is 7. The largest absolute Gasteiger partial charge is 0.480 e. The van der Waals surface area contributed by atoms with Crippen molar-refractivity contribution in [3.05, 3.63) is 0 Å². The molecule has 1 fully saturated rings. The van der Waals surface area contributed by atoms with Crippen LogP contribution in [0.5, 0.6) is 0 Å². The lowest BCUT2D eigenvalue weighted by atomic mass is 10.1. The number of esters is 1. The Kier molecular flexibility index (Phi) is 6.67. The molecule has 1 rings (SSSR count). The van der Waals surface area contributed by atoms with Crippen LogP contribution in [0.4, 0.5) is 0 Å². The van der Waals surface area contributed by atoms with Crippen LogP contribution in [-0.4, -0.2) is 58.4 Å². The Morgan fingerprint density at radius 2 is 2.14 bits per heavy atom. The van der Waals surface area contributed by atoms with Crippen LogP contribution in [0.25, 0.3) is 0 Å². The third-order valence-electron chi connectivity index (χ3n) is 3.27. The normalized spacial score (nSPS) is 19.4. The van der Waals surface area contributed by atoms with Crippen molar-refractivity contribution >= 4 is 34.7 Å². The van der Waals surface area contributed by atoms with Gasteiger partial charge in [-0.1, -0.05) is 11.8 Å². The average molecular weight is 317 g/mol. The van der Waals surface area contributed by atoms with Gasteiger partial charge in [-0.05, 0) is 12.3 Å². The summed E-state index contributed by atoms with van der Waals surface area (Å²) < 4.78 is 4.48. The molecule has 1 saturated heterocycles. The summed E-state index contributed by atoms with van der Waals surface area (Å²) >= 11 is 1.14. The Hall–Kier alpha value is -1.57. The summed E-state index contributed by atoms with van der Waals surface area (Å²) in [5.41, 5.74) is 0. The summed E-state index contributed by atoms with van der Waals surface area (Å²) in [5, 5.41) is 9.21. The number of ether oxygens (including phenoxy) is 1. The number of thioether (sulfide) groups is 1. The van der Waals surface area contributed by atoms with Crippen molar-refractivity contribution in [1.29, 1.82) is 0 Å². The third-order valence-corrected chi connectivity index (χ3v) is 4.32. The van der Waals surface area contributed by atoms with Gasteiger partial charge < -0.3 is 14.7 Å². The molecule has 118 valence electrons. The van der Waals surface area contributed by atoms with Crippen LogP contribution in [0.2, 0.25) is 0 Å². The second kappa shape index (κ2) is 8.02. The molecule has 7 nitrogen and oxygen atoms in total. The predicted molar refractivity (Wildman–Crippen MR) is 75.6 cm³/mol. The lowest BCUT2D eigenvalue weighted by molar-refractivity contribution is -0.149. The van der Waals surface area contributed by atoms with Gasteiger partial charge in [0.25, 0.3) is 0 Å². The number of nitrogens with zero attached hydrogens (tertiary/aromatic N) is 1. The van der Waals surface area contributed by atoms with E-state index in [1.807, 2.05) is 0 Å². The first-order valence-corrected chi connectivity index (χ1v) is 7.56. The topological polar surface area (TPSA) is 101 Å². The minimum absolute atomic E-state index is 0.0265. The van der Waals surface area contributed by atoms with Gasteiger partial charge in [0.05, 0.1) is 7.11 Å². The number of carbonyl (C=O) groups is 4. The maximum absolute atomic E-state index is 11.9. The molecule has 2 atom stereocenters. The van der Waals surface area contributed by atoms with Crippen LogP contribution in [0, 0.1) is 5.92 Å². The van der Waals surface area contributed by atoms with E-state index in [4.69, 9.17) is 0 Å².